The molecule has 0 atom stereocenters. The van der Waals surface area contributed by atoms with Crippen molar-refractivity contribution in [2.45, 2.75) is 13.8 Å². The van der Waals surface area contributed by atoms with Crippen LogP contribution in [-0.4, -0.2) is 21.9 Å². The summed E-state index contributed by atoms with van der Waals surface area (Å²) >= 11 is 6.81. The highest BCUT2D eigenvalue weighted by Gasteiger charge is 2.33. The van der Waals surface area contributed by atoms with E-state index in [0.717, 1.165) is 34.1 Å². The Morgan fingerprint density at radius 2 is 1.69 bits per heavy atom. The minimum Gasteiger partial charge on any atom is -0.497 e. The number of thioether (sulfide) groups is 1. The predicted molar refractivity (Wildman–Crippen MR) is 124 cm³/mol. The van der Waals surface area contributed by atoms with Crippen LogP contribution in [0.3, 0.4) is 0 Å². The zero-order valence-electron chi connectivity index (χ0n) is 16.4. The first-order valence-electron chi connectivity index (χ1n) is 9.16. The molecule has 1 fully saturated rings. The van der Waals surface area contributed by atoms with Crippen LogP contribution >= 0.6 is 24.0 Å². The summed E-state index contributed by atoms with van der Waals surface area (Å²) in [6, 6.07) is 19.6. The number of benzene rings is 2. The Morgan fingerprint density at radius 3 is 2.34 bits per heavy atom. The fourth-order valence-corrected chi connectivity index (χ4v) is 4.76. The van der Waals surface area contributed by atoms with Gasteiger partial charge in [0.15, 0.2) is 4.32 Å². The van der Waals surface area contributed by atoms with Gasteiger partial charge in [-0.3, -0.25) is 9.69 Å². The van der Waals surface area contributed by atoms with E-state index in [0.29, 0.717) is 9.23 Å². The van der Waals surface area contributed by atoms with Gasteiger partial charge in [-0.1, -0.05) is 42.2 Å². The van der Waals surface area contributed by atoms with Crippen LogP contribution in [-0.2, 0) is 4.79 Å². The summed E-state index contributed by atoms with van der Waals surface area (Å²) in [4.78, 5) is 15.3. The first kappa shape index (κ1) is 19.5. The molecule has 1 saturated heterocycles. The van der Waals surface area contributed by atoms with Crippen LogP contribution < -0.4 is 9.64 Å². The predicted octanol–water partition coefficient (Wildman–Crippen LogP) is 5.51. The standard InChI is InChI=1S/C23H20N2O2S2/c1-15-13-17(16(2)24(15)18-7-5-4-6-8-18)14-21-22(26)25(23(28)29-21)19-9-11-20(27-3)12-10-19/h4-14H,1-3H3. The lowest BCUT2D eigenvalue weighted by Crippen LogP contribution is -2.27. The lowest BCUT2D eigenvalue weighted by Gasteiger charge is -2.14. The molecule has 0 bridgehead atoms. The van der Waals surface area contributed by atoms with Gasteiger partial charge < -0.3 is 9.30 Å². The smallest absolute Gasteiger partial charge is 0.270 e. The molecule has 4 nitrogen and oxygen atoms in total. The third kappa shape index (κ3) is 3.61. The molecule has 1 amide bonds. The highest BCUT2D eigenvalue weighted by atomic mass is 32.2. The molecule has 0 unspecified atom stereocenters. The molecule has 2 heterocycles. The third-order valence-electron chi connectivity index (χ3n) is 4.90. The number of carbonyl (C=O) groups is 1. The van der Waals surface area contributed by atoms with Crippen LogP contribution in [0.2, 0.25) is 0 Å². The minimum atomic E-state index is -0.102. The lowest BCUT2D eigenvalue weighted by atomic mass is 10.2. The molecule has 0 aliphatic carbocycles. The van der Waals surface area contributed by atoms with Crippen LogP contribution in [0, 0.1) is 13.8 Å². The van der Waals surface area contributed by atoms with Crippen LogP contribution in [0.5, 0.6) is 5.75 Å². The number of para-hydroxylation sites is 1. The number of ether oxygens (including phenoxy) is 1. The monoisotopic (exact) mass is 420 g/mol. The van der Waals surface area contributed by atoms with E-state index in [4.69, 9.17) is 17.0 Å². The molecule has 0 N–H and O–H groups in total. The number of hydrogen-bond acceptors (Lipinski definition) is 4. The van der Waals surface area contributed by atoms with Crippen LogP contribution in [0.1, 0.15) is 17.0 Å². The number of rotatable bonds is 4. The Labute approximate surface area is 179 Å². The Bertz CT molecular complexity index is 1120. The number of methoxy groups -OCH3 is 1. The molecule has 0 saturated carbocycles. The molecule has 1 aliphatic rings. The first-order chi connectivity index (χ1) is 14.0. The van der Waals surface area contributed by atoms with Crippen molar-refractivity contribution in [2.24, 2.45) is 0 Å². The Balaban J connectivity index is 1.67. The average Bonchev–Trinajstić information content (AvgIpc) is 3.17. The Hall–Kier alpha value is -2.83. The fraction of sp³-hybridized carbons (Fsp3) is 0.130. The summed E-state index contributed by atoms with van der Waals surface area (Å²) in [5.74, 6) is 0.637. The second-order valence-electron chi connectivity index (χ2n) is 6.71. The lowest BCUT2D eigenvalue weighted by molar-refractivity contribution is -0.113. The van der Waals surface area contributed by atoms with Crippen molar-refractivity contribution < 1.29 is 9.53 Å². The van der Waals surface area contributed by atoms with Gasteiger partial charge in [-0.05, 0) is 68.0 Å². The van der Waals surface area contributed by atoms with Crippen molar-refractivity contribution in [1.82, 2.24) is 4.57 Å². The van der Waals surface area contributed by atoms with Gasteiger partial charge in [0.25, 0.3) is 5.91 Å². The zero-order valence-corrected chi connectivity index (χ0v) is 18.0. The number of carbonyl (C=O) groups excluding carboxylic acids is 1. The molecule has 29 heavy (non-hydrogen) atoms. The van der Waals surface area contributed by atoms with E-state index < -0.39 is 0 Å². The molecular weight excluding hydrogens is 400 g/mol. The van der Waals surface area contributed by atoms with Crippen molar-refractivity contribution in [3.05, 3.63) is 82.5 Å². The number of aromatic nitrogens is 1. The maximum atomic E-state index is 13.1. The maximum Gasteiger partial charge on any atom is 0.270 e. The summed E-state index contributed by atoms with van der Waals surface area (Å²) in [6.07, 6.45) is 1.94. The van der Waals surface area contributed by atoms with Crippen molar-refractivity contribution in [3.63, 3.8) is 0 Å². The summed E-state index contributed by atoms with van der Waals surface area (Å²) in [6.45, 7) is 4.13. The van der Waals surface area contributed by atoms with Gasteiger partial charge in [-0.2, -0.15) is 0 Å². The van der Waals surface area contributed by atoms with Gasteiger partial charge in [0.2, 0.25) is 0 Å². The van der Waals surface area contributed by atoms with Crippen LogP contribution in [0.15, 0.2) is 65.6 Å². The molecule has 6 heteroatoms. The molecule has 1 aliphatic heterocycles. The van der Waals surface area contributed by atoms with E-state index in [1.807, 2.05) is 48.5 Å². The molecule has 3 aromatic rings. The number of nitrogens with zero attached hydrogens (tertiary/aromatic N) is 2. The van der Waals surface area contributed by atoms with E-state index in [9.17, 15) is 4.79 Å². The summed E-state index contributed by atoms with van der Waals surface area (Å²) in [5, 5.41) is 0. The summed E-state index contributed by atoms with van der Waals surface area (Å²) in [7, 11) is 1.61. The van der Waals surface area contributed by atoms with Gasteiger partial charge in [-0.25, -0.2) is 0 Å². The molecule has 146 valence electrons. The van der Waals surface area contributed by atoms with Crippen molar-refractivity contribution in [1.29, 1.82) is 0 Å². The third-order valence-corrected chi connectivity index (χ3v) is 6.20. The Kier molecular flexibility index (Phi) is 5.30. The fourth-order valence-electron chi connectivity index (χ4n) is 3.47. The maximum absolute atomic E-state index is 13.1. The van der Waals surface area contributed by atoms with Gasteiger partial charge in [0.05, 0.1) is 17.7 Å². The highest BCUT2D eigenvalue weighted by Crippen LogP contribution is 2.37. The topological polar surface area (TPSA) is 34.5 Å². The minimum absolute atomic E-state index is 0.102. The van der Waals surface area contributed by atoms with E-state index >= 15 is 0 Å². The zero-order chi connectivity index (χ0) is 20.5. The number of aryl methyl sites for hydroxylation is 1. The van der Waals surface area contributed by atoms with E-state index in [-0.39, 0.29) is 5.91 Å². The van der Waals surface area contributed by atoms with Crippen molar-refractivity contribution in [2.75, 3.05) is 12.0 Å². The highest BCUT2D eigenvalue weighted by molar-refractivity contribution is 8.27. The average molecular weight is 421 g/mol. The number of thiocarbonyl (C=S) groups is 1. The SMILES string of the molecule is COc1ccc(N2C(=O)C(=Cc3cc(C)n(-c4ccccc4)c3C)SC2=S)cc1. The van der Waals surface area contributed by atoms with Gasteiger partial charge in [0, 0.05) is 17.1 Å². The van der Waals surface area contributed by atoms with Crippen molar-refractivity contribution in [3.8, 4) is 11.4 Å². The second kappa shape index (κ2) is 7.89. The number of anilines is 1. The summed E-state index contributed by atoms with van der Waals surface area (Å²) < 4.78 is 7.91. The molecular formula is C23H20N2O2S2. The van der Waals surface area contributed by atoms with E-state index in [1.54, 1.807) is 12.0 Å². The second-order valence-corrected chi connectivity index (χ2v) is 8.39. The van der Waals surface area contributed by atoms with Gasteiger partial charge >= 0.3 is 0 Å². The summed E-state index contributed by atoms with van der Waals surface area (Å²) in [5.41, 5.74) is 5.06. The van der Waals surface area contributed by atoms with Crippen LogP contribution in [0.4, 0.5) is 5.69 Å². The number of hydrogen-bond donors (Lipinski definition) is 0. The molecule has 4 rings (SSSR count). The molecule has 0 radical (unpaired) electrons. The number of amides is 1. The van der Waals surface area contributed by atoms with E-state index in [1.165, 1.54) is 11.8 Å². The van der Waals surface area contributed by atoms with Crippen molar-refractivity contribution >= 4 is 46.0 Å². The normalized spacial score (nSPS) is 15.4. The quantitative estimate of drug-likeness (QED) is 0.412. The molecule has 2 aromatic carbocycles. The molecule has 0 spiro atoms. The van der Waals surface area contributed by atoms with Gasteiger partial charge in [0.1, 0.15) is 5.75 Å². The van der Waals surface area contributed by atoms with Gasteiger partial charge in [-0.15, -0.1) is 0 Å². The Morgan fingerprint density at radius 1 is 1.00 bits per heavy atom. The van der Waals surface area contributed by atoms with E-state index in [2.05, 4.69) is 36.6 Å². The van der Waals surface area contributed by atoms with Crippen LogP contribution in [0.25, 0.3) is 11.8 Å². The largest absolute Gasteiger partial charge is 0.497 e. The first-order valence-corrected chi connectivity index (χ1v) is 10.4. The molecule has 1 aromatic heterocycles.